The molecule has 0 bridgehead atoms. The summed E-state index contributed by atoms with van der Waals surface area (Å²) in [5.41, 5.74) is 0.607. The summed E-state index contributed by atoms with van der Waals surface area (Å²) in [4.78, 5) is 26.2. The van der Waals surface area contributed by atoms with Crippen LogP contribution in [0.25, 0.3) is 0 Å². The van der Waals surface area contributed by atoms with Crippen molar-refractivity contribution in [2.45, 2.75) is 32.4 Å². The molecule has 0 N–H and O–H groups in total. The van der Waals surface area contributed by atoms with Gasteiger partial charge >= 0.3 is 5.97 Å². The minimum atomic E-state index is -0.615. The topological polar surface area (TPSA) is 81.9 Å². The van der Waals surface area contributed by atoms with Gasteiger partial charge in [0.2, 0.25) is 0 Å². The summed E-state index contributed by atoms with van der Waals surface area (Å²) in [5, 5.41) is 3.85. The molecular weight excluding hydrogens is 343 g/mol. The predicted molar refractivity (Wildman–Crippen MR) is 88.0 cm³/mol. The Bertz CT molecular complexity index is 802. The van der Waals surface area contributed by atoms with Crippen molar-refractivity contribution in [3.05, 3.63) is 47.1 Å². The third-order valence-electron chi connectivity index (χ3n) is 4.37. The number of methoxy groups -OCH3 is 1. The maximum atomic E-state index is 13.0. The van der Waals surface area contributed by atoms with Crippen molar-refractivity contribution in [3.63, 3.8) is 0 Å². The van der Waals surface area contributed by atoms with E-state index in [0.29, 0.717) is 36.5 Å². The van der Waals surface area contributed by atoms with Gasteiger partial charge in [-0.2, -0.15) is 0 Å². The van der Waals surface area contributed by atoms with Crippen LogP contribution < -0.4 is 4.74 Å². The molecule has 1 atom stereocenters. The van der Waals surface area contributed by atoms with E-state index in [9.17, 15) is 14.0 Å². The fourth-order valence-corrected chi connectivity index (χ4v) is 2.94. The highest BCUT2D eigenvalue weighted by Crippen LogP contribution is 2.24. The Morgan fingerprint density at radius 1 is 1.35 bits per heavy atom. The quantitative estimate of drug-likeness (QED) is 0.760. The van der Waals surface area contributed by atoms with Crippen molar-refractivity contribution in [2.24, 2.45) is 0 Å². The average molecular weight is 362 g/mol. The van der Waals surface area contributed by atoms with Crippen LogP contribution in [0.5, 0.6) is 5.75 Å². The van der Waals surface area contributed by atoms with E-state index in [2.05, 4.69) is 5.16 Å². The first kappa shape index (κ1) is 17.9. The molecule has 26 heavy (non-hydrogen) atoms. The summed E-state index contributed by atoms with van der Waals surface area (Å²) in [6.45, 7) is 2.16. The number of carbonyl (C=O) groups excluding carboxylic acids is 2. The number of hydrogen-bond acceptors (Lipinski definition) is 6. The lowest BCUT2D eigenvalue weighted by Gasteiger charge is -2.21. The molecule has 1 aromatic carbocycles. The van der Waals surface area contributed by atoms with Crippen molar-refractivity contribution in [2.75, 3.05) is 13.7 Å². The number of ether oxygens (including phenoxy) is 2. The Balaban J connectivity index is 1.77. The molecule has 2 heterocycles. The molecule has 1 fully saturated rings. The van der Waals surface area contributed by atoms with Crippen molar-refractivity contribution in [1.82, 2.24) is 10.1 Å². The number of aryl methyl sites for hydroxylation is 1. The Labute approximate surface area is 149 Å². The zero-order valence-electron chi connectivity index (χ0n) is 14.5. The van der Waals surface area contributed by atoms with Gasteiger partial charge in [0, 0.05) is 6.54 Å². The van der Waals surface area contributed by atoms with E-state index in [4.69, 9.17) is 14.0 Å². The molecule has 0 radical (unpaired) electrons. The summed E-state index contributed by atoms with van der Waals surface area (Å²) < 4.78 is 28.5. The van der Waals surface area contributed by atoms with Crippen LogP contribution in [0.4, 0.5) is 4.39 Å². The van der Waals surface area contributed by atoms with Crippen LogP contribution in [0.3, 0.4) is 0 Å². The van der Waals surface area contributed by atoms with E-state index in [1.807, 2.05) is 0 Å². The van der Waals surface area contributed by atoms with Gasteiger partial charge in [-0.3, -0.25) is 4.79 Å². The molecule has 0 saturated carbocycles. The van der Waals surface area contributed by atoms with Gasteiger partial charge in [0.25, 0.3) is 5.91 Å². The van der Waals surface area contributed by atoms with Crippen molar-refractivity contribution in [1.29, 1.82) is 0 Å². The van der Waals surface area contributed by atoms with Crippen LogP contribution in [0.2, 0.25) is 0 Å². The average Bonchev–Trinajstić information content (AvgIpc) is 3.27. The Kier molecular flexibility index (Phi) is 5.20. The monoisotopic (exact) mass is 362 g/mol. The Morgan fingerprint density at radius 2 is 2.08 bits per heavy atom. The van der Waals surface area contributed by atoms with Gasteiger partial charge in [-0.15, -0.1) is 0 Å². The normalized spacial score (nSPS) is 16.6. The van der Waals surface area contributed by atoms with Gasteiger partial charge in [-0.1, -0.05) is 5.16 Å². The maximum absolute atomic E-state index is 13.0. The van der Waals surface area contributed by atoms with Gasteiger partial charge in [-0.05, 0) is 44.0 Å². The van der Waals surface area contributed by atoms with Crippen LogP contribution in [-0.2, 0) is 16.1 Å². The fraction of sp³-hybridized carbons (Fsp3) is 0.389. The first-order valence-electron chi connectivity index (χ1n) is 8.23. The Hall–Kier alpha value is -2.90. The maximum Gasteiger partial charge on any atom is 0.328 e. The first-order valence-corrected chi connectivity index (χ1v) is 8.23. The van der Waals surface area contributed by atoms with Crippen LogP contribution in [-0.4, -0.2) is 41.6 Å². The largest absolute Gasteiger partial charge is 0.489 e. The number of amides is 1. The number of aromatic nitrogens is 1. The van der Waals surface area contributed by atoms with Gasteiger partial charge < -0.3 is 18.9 Å². The van der Waals surface area contributed by atoms with Gasteiger partial charge in [-0.25, -0.2) is 9.18 Å². The summed E-state index contributed by atoms with van der Waals surface area (Å²) in [5.74, 6) is -0.298. The molecule has 8 heteroatoms. The minimum absolute atomic E-state index is 0.0404. The molecule has 7 nitrogen and oxygen atoms in total. The lowest BCUT2D eigenvalue weighted by molar-refractivity contribution is -0.145. The number of nitrogens with zero attached hydrogens (tertiary/aromatic N) is 2. The zero-order chi connectivity index (χ0) is 18.7. The van der Waals surface area contributed by atoms with Crippen LogP contribution in [0.1, 0.15) is 34.7 Å². The standard InChI is InChI=1S/C18H19FN2O5/c1-11-14(10-25-13-7-5-12(19)6-8-13)16(20-26-11)17(22)21-9-3-4-15(21)18(23)24-2/h5-8,15H,3-4,9-10H2,1-2H3. The number of rotatable bonds is 5. The highest BCUT2D eigenvalue weighted by atomic mass is 19.1. The molecule has 1 aliphatic heterocycles. The van der Waals surface area contributed by atoms with E-state index in [-0.39, 0.29) is 18.1 Å². The molecule has 1 aromatic heterocycles. The second-order valence-electron chi connectivity index (χ2n) is 5.99. The van der Waals surface area contributed by atoms with Crippen LogP contribution in [0.15, 0.2) is 28.8 Å². The van der Waals surface area contributed by atoms with Gasteiger partial charge in [0.1, 0.15) is 30.0 Å². The summed E-state index contributed by atoms with van der Waals surface area (Å²) in [6, 6.07) is 4.94. The molecule has 2 aromatic rings. The van der Waals surface area contributed by atoms with E-state index >= 15 is 0 Å². The summed E-state index contributed by atoms with van der Waals surface area (Å²) >= 11 is 0. The Morgan fingerprint density at radius 3 is 2.77 bits per heavy atom. The molecule has 3 rings (SSSR count). The predicted octanol–water partition coefficient (Wildman–Crippen LogP) is 2.48. The molecule has 1 saturated heterocycles. The second kappa shape index (κ2) is 7.55. The number of esters is 1. The number of hydrogen-bond donors (Lipinski definition) is 0. The van der Waals surface area contributed by atoms with Gasteiger partial charge in [0.05, 0.1) is 12.7 Å². The van der Waals surface area contributed by atoms with Crippen molar-refractivity contribution < 1.29 is 28.0 Å². The van der Waals surface area contributed by atoms with Crippen molar-refractivity contribution >= 4 is 11.9 Å². The molecular formula is C18H19FN2O5. The smallest absolute Gasteiger partial charge is 0.328 e. The molecule has 0 aliphatic carbocycles. The number of carbonyl (C=O) groups is 2. The molecule has 138 valence electrons. The second-order valence-corrected chi connectivity index (χ2v) is 5.99. The van der Waals surface area contributed by atoms with E-state index < -0.39 is 17.9 Å². The van der Waals surface area contributed by atoms with Crippen molar-refractivity contribution in [3.8, 4) is 5.75 Å². The van der Waals surface area contributed by atoms with E-state index in [1.165, 1.54) is 36.3 Å². The zero-order valence-corrected chi connectivity index (χ0v) is 14.5. The number of benzene rings is 1. The van der Waals surface area contributed by atoms with Crippen LogP contribution >= 0.6 is 0 Å². The third-order valence-corrected chi connectivity index (χ3v) is 4.37. The van der Waals surface area contributed by atoms with Crippen LogP contribution in [0, 0.1) is 12.7 Å². The minimum Gasteiger partial charge on any atom is -0.489 e. The highest BCUT2D eigenvalue weighted by Gasteiger charge is 2.37. The molecule has 0 spiro atoms. The first-order chi connectivity index (χ1) is 12.5. The highest BCUT2D eigenvalue weighted by molar-refractivity contribution is 5.96. The summed E-state index contributed by atoms with van der Waals surface area (Å²) in [7, 11) is 1.30. The summed E-state index contributed by atoms with van der Waals surface area (Å²) in [6.07, 6.45) is 1.26. The van der Waals surface area contributed by atoms with E-state index in [0.717, 1.165) is 0 Å². The lowest BCUT2D eigenvalue weighted by Crippen LogP contribution is -2.41. The molecule has 1 amide bonds. The number of halogens is 1. The molecule has 1 aliphatic rings. The molecule has 1 unspecified atom stereocenters. The fourth-order valence-electron chi connectivity index (χ4n) is 2.94. The number of likely N-dealkylation sites (tertiary alicyclic amines) is 1. The van der Waals surface area contributed by atoms with E-state index in [1.54, 1.807) is 6.92 Å². The lowest BCUT2D eigenvalue weighted by atomic mass is 10.1. The van der Waals surface area contributed by atoms with Gasteiger partial charge in [0.15, 0.2) is 5.69 Å². The SMILES string of the molecule is COC(=O)C1CCCN1C(=O)c1noc(C)c1COc1ccc(F)cc1. The third kappa shape index (κ3) is 3.54.